The van der Waals surface area contributed by atoms with Crippen LogP contribution >= 0.6 is 0 Å². The minimum atomic E-state index is -1.17. The second-order valence-electron chi connectivity index (χ2n) is 5.61. The number of carboxylic acids is 1. The van der Waals surface area contributed by atoms with Crippen LogP contribution in [0.25, 0.3) is 0 Å². The highest BCUT2D eigenvalue weighted by molar-refractivity contribution is 5.66. The third-order valence-corrected chi connectivity index (χ3v) is 3.56. The van der Waals surface area contributed by atoms with Gasteiger partial charge < -0.3 is 10.2 Å². The Kier molecular flexibility index (Phi) is 10.3. The predicted octanol–water partition coefficient (Wildman–Crippen LogP) is 4.82. The Balaban J connectivity index is 0.000000260. The zero-order valence-electron chi connectivity index (χ0n) is 14.9. The molecular weight excluding hydrogens is 335 g/mol. The fraction of sp³-hybridized carbons (Fsp3) is 0.350. The molecule has 1 heterocycles. The van der Waals surface area contributed by atoms with Crippen LogP contribution in [-0.2, 0) is 11.2 Å². The quantitative estimate of drug-likeness (QED) is 0.659. The van der Waals surface area contributed by atoms with Crippen LogP contribution in [0.5, 0.6) is 0 Å². The van der Waals surface area contributed by atoms with Gasteiger partial charge in [-0.25, -0.2) is 14.4 Å². The van der Waals surface area contributed by atoms with Crippen LogP contribution in [0.1, 0.15) is 50.2 Å². The third kappa shape index (κ3) is 9.52. The molecule has 0 aliphatic carbocycles. The minimum absolute atomic E-state index is 0.0410. The van der Waals surface area contributed by atoms with Gasteiger partial charge in [0.2, 0.25) is 0 Å². The molecule has 0 radical (unpaired) electrons. The number of allylic oxidation sites excluding steroid dienone is 2. The molecule has 140 valence electrons. The molecule has 26 heavy (non-hydrogen) atoms. The highest BCUT2D eigenvalue weighted by atomic mass is 19.1. The number of aryl methyl sites for hydroxylation is 1. The summed E-state index contributed by atoms with van der Waals surface area (Å²) in [6, 6.07) is 10.4. The van der Waals surface area contributed by atoms with Crippen LogP contribution in [0.4, 0.5) is 4.39 Å². The maximum absolute atomic E-state index is 13.2. The van der Waals surface area contributed by atoms with Crippen molar-refractivity contribution >= 4 is 5.97 Å². The van der Waals surface area contributed by atoms with Gasteiger partial charge in [0.25, 0.3) is 0 Å². The van der Waals surface area contributed by atoms with Crippen LogP contribution in [0.15, 0.2) is 60.6 Å². The standard InChI is InChI=1S/C10H11FO2.C10H14N2O/c11-9(6-7-10(12)13)8-4-2-1-3-5-8;1-2-9(13)5-3-6-10-11-7-4-8-12-10/h1-5,9H,6-7H2,(H,12,13);2,4,7-8,13H,3,5-6H2,1H3/b;9-2+. The minimum Gasteiger partial charge on any atom is -0.513 e. The fourth-order valence-corrected chi connectivity index (χ4v) is 2.11. The van der Waals surface area contributed by atoms with E-state index in [4.69, 9.17) is 10.2 Å². The smallest absolute Gasteiger partial charge is 0.303 e. The number of alkyl halides is 1. The summed E-state index contributed by atoms with van der Waals surface area (Å²) in [6.07, 6.45) is 6.34. The first-order valence-corrected chi connectivity index (χ1v) is 8.53. The van der Waals surface area contributed by atoms with E-state index in [1.807, 2.05) is 6.92 Å². The molecule has 0 spiro atoms. The molecule has 0 saturated carbocycles. The van der Waals surface area contributed by atoms with E-state index in [0.29, 0.717) is 17.7 Å². The number of nitrogens with zero attached hydrogens (tertiary/aromatic N) is 2. The highest BCUT2D eigenvalue weighted by Gasteiger charge is 2.10. The first-order valence-electron chi connectivity index (χ1n) is 8.53. The number of hydrogen-bond donors (Lipinski definition) is 2. The number of aliphatic carboxylic acids is 1. The van der Waals surface area contributed by atoms with E-state index in [-0.39, 0.29) is 12.8 Å². The van der Waals surface area contributed by atoms with Gasteiger partial charge in [0.15, 0.2) is 0 Å². The van der Waals surface area contributed by atoms with Gasteiger partial charge in [0.05, 0.1) is 5.76 Å². The van der Waals surface area contributed by atoms with E-state index < -0.39 is 12.1 Å². The molecule has 6 heteroatoms. The molecule has 1 aromatic heterocycles. The Labute approximate surface area is 153 Å². The topological polar surface area (TPSA) is 83.3 Å². The molecule has 0 amide bonds. The molecule has 2 aromatic rings. The molecule has 0 aliphatic rings. The average Bonchev–Trinajstić information content (AvgIpc) is 2.68. The molecule has 0 fully saturated rings. The number of aromatic nitrogens is 2. The van der Waals surface area contributed by atoms with Crippen LogP contribution in [0.2, 0.25) is 0 Å². The molecule has 2 N–H and O–H groups in total. The summed E-state index contributed by atoms with van der Waals surface area (Å²) < 4.78 is 13.2. The van der Waals surface area contributed by atoms with Crippen molar-refractivity contribution in [3.63, 3.8) is 0 Å². The first-order chi connectivity index (χ1) is 12.5. The van der Waals surface area contributed by atoms with Gasteiger partial charge in [0, 0.05) is 31.7 Å². The number of carbonyl (C=O) groups is 1. The Bertz CT molecular complexity index is 663. The lowest BCUT2D eigenvalue weighted by Crippen LogP contribution is -1.98. The zero-order valence-corrected chi connectivity index (χ0v) is 14.9. The van der Waals surface area contributed by atoms with Crippen molar-refractivity contribution in [3.05, 3.63) is 72.0 Å². The molecule has 0 aliphatic heterocycles. The van der Waals surface area contributed by atoms with E-state index in [1.54, 1.807) is 54.9 Å². The summed E-state index contributed by atoms with van der Waals surface area (Å²) >= 11 is 0. The number of aliphatic hydroxyl groups is 1. The lowest BCUT2D eigenvalue weighted by Gasteiger charge is -2.05. The van der Waals surface area contributed by atoms with Crippen molar-refractivity contribution in [2.45, 2.75) is 45.2 Å². The van der Waals surface area contributed by atoms with Gasteiger partial charge >= 0.3 is 5.97 Å². The maximum atomic E-state index is 13.2. The summed E-state index contributed by atoms with van der Waals surface area (Å²) in [5, 5.41) is 17.5. The van der Waals surface area contributed by atoms with E-state index in [2.05, 4.69) is 9.97 Å². The molecule has 0 bridgehead atoms. The maximum Gasteiger partial charge on any atom is 0.303 e. The number of hydrogen-bond acceptors (Lipinski definition) is 4. The molecule has 1 unspecified atom stereocenters. The Morgan fingerprint density at radius 2 is 1.77 bits per heavy atom. The summed E-state index contributed by atoms with van der Waals surface area (Å²) in [5.41, 5.74) is 0.545. The lowest BCUT2D eigenvalue weighted by atomic mass is 10.1. The molecule has 0 saturated heterocycles. The van der Waals surface area contributed by atoms with E-state index in [0.717, 1.165) is 18.7 Å². The Hall–Kier alpha value is -2.76. The molecule has 5 nitrogen and oxygen atoms in total. The fourth-order valence-electron chi connectivity index (χ4n) is 2.11. The predicted molar refractivity (Wildman–Crippen MR) is 98.5 cm³/mol. The third-order valence-electron chi connectivity index (χ3n) is 3.56. The van der Waals surface area contributed by atoms with Crippen molar-refractivity contribution in [1.29, 1.82) is 0 Å². The van der Waals surface area contributed by atoms with Crippen molar-refractivity contribution < 1.29 is 19.4 Å². The first kappa shape index (κ1) is 21.3. The van der Waals surface area contributed by atoms with Crippen molar-refractivity contribution in [2.24, 2.45) is 0 Å². The van der Waals surface area contributed by atoms with Crippen molar-refractivity contribution in [1.82, 2.24) is 9.97 Å². The summed E-state index contributed by atoms with van der Waals surface area (Å²) in [7, 11) is 0. The van der Waals surface area contributed by atoms with Crippen molar-refractivity contribution in [2.75, 3.05) is 0 Å². The van der Waals surface area contributed by atoms with Gasteiger partial charge in [-0.1, -0.05) is 30.3 Å². The average molecular weight is 360 g/mol. The van der Waals surface area contributed by atoms with Gasteiger partial charge in [0.1, 0.15) is 12.0 Å². The number of rotatable bonds is 8. The summed E-state index contributed by atoms with van der Waals surface area (Å²) in [5.74, 6) is 0.320. The van der Waals surface area contributed by atoms with Crippen molar-refractivity contribution in [3.8, 4) is 0 Å². The molecular formula is C20H25FN2O3. The number of halogens is 1. The Morgan fingerprint density at radius 1 is 1.12 bits per heavy atom. The highest BCUT2D eigenvalue weighted by Crippen LogP contribution is 2.21. The number of carboxylic acid groups (broad SMARTS) is 1. The van der Waals surface area contributed by atoms with Crippen LogP contribution in [0, 0.1) is 0 Å². The number of benzene rings is 1. The molecule has 2 rings (SSSR count). The van der Waals surface area contributed by atoms with Crippen LogP contribution in [-0.4, -0.2) is 26.2 Å². The van der Waals surface area contributed by atoms with Gasteiger partial charge in [-0.3, -0.25) is 4.79 Å². The van der Waals surface area contributed by atoms with E-state index >= 15 is 0 Å². The van der Waals surface area contributed by atoms with Gasteiger partial charge in [-0.05, 0) is 37.5 Å². The normalized spacial score (nSPS) is 12.0. The van der Waals surface area contributed by atoms with E-state index in [9.17, 15) is 9.18 Å². The molecule has 1 atom stereocenters. The number of aliphatic hydroxyl groups excluding tert-OH is 1. The largest absolute Gasteiger partial charge is 0.513 e. The summed E-state index contributed by atoms with van der Waals surface area (Å²) in [6.45, 7) is 1.83. The van der Waals surface area contributed by atoms with E-state index in [1.165, 1.54) is 0 Å². The monoisotopic (exact) mass is 360 g/mol. The van der Waals surface area contributed by atoms with Crippen LogP contribution < -0.4 is 0 Å². The second kappa shape index (κ2) is 12.6. The van der Waals surface area contributed by atoms with Gasteiger partial charge in [-0.2, -0.15) is 0 Å². The molecule has 1 aromatic carbocycles. The Morgan fingerprint density at radius 3 is 2.35 bits per heavy atom. The van der Waals surface area contributed by atoms with Gasteiger partial charge in [-0.15, -0.1) is 0 Å². The zero-order chi connectivity index (χ0) is 19.2. The SMILES string of the molecule is C/C=C(/O)CCCc1ncccn1.O=C(O)CCC(F)c1ccccc1. The van der Waals surface area contributed by atoms with Crippen LogP contribution in [0.3, 0.4) is 0 Å². The summed E-state index contributed by atoms with van der Waals surface area (Å²) in [4.78, 5) is 18.3. The second-order valence-corrected chi connectivity index (χ2v) is 5.61. The lowest BCUT2D eigenvalue weighted by molar-refractivity contribution is -0.137.